The maximum Gasteiger partial charge on any atom is 0.246 e. The van der Waals surface area contributed by atoms with Crippen LogP contribution in [0.1, 0.15) is 80.6 Å². The third kappa shape index (κ3) is 7.56. The van der Waals surface area contributed by atoms with Crippen molar-refractivity contribution in [3.63, 3.8) is 0 Å². The first kappa shape index (κ1) is 27.4. The molecule has 7 heteroatoms. The number of rotatable bonds is 10. The molecule has 3 atom stereocenters. The Hall–Kier alpha value is -1.89. The topological polar surface area (TPSA) is 81.8 Å². The van der Waals surface area contributed by atoms with Gasteiger partial charge in [-0.3, -0.25) is 19.3 Å². The van der Waals surface area contributed by atoms with Crippen LogP contribution in [0.15, 0.2) is 11.6 Å². The monoisotopic (exact) mass is 462 g/mol. The molecule has 33 heavy (non-hydrogen) atoms. The van der Waals surface area contributed by atoms with Crippen LogP contribution in [0, 0.1) is 11.8 Å². The van der Waals surface area contributed by atoms with E-state index in [9.17, 15) is 14.4 Å². The molecule has 0 bridgehead atoms. The molecule has 1 heterocycles. The molecular weight excluding hydrogens is 416 g/mol. The summed E-state index contributed by atoms with van der Waals surface area (Å²) in [5.74, 6) is -0.156. The molecule has 0 spiro atoms. The predicted molar refractivity (Wildman–Crippen MR) is 133 cm³/mol. The Labute approximate surface area is 200 Å². The van der Waals surface area contributed by atoms with Crippen LogP contribution < -0.4 is 10.6 Å². The van der Waals surface area contributed by atoms with Gasteiger partial charge >= 0.3 is 0 Å². The third-order valence-corrected chi connectivity index (χ3v) is 6.91. The summed E-state index contributed by atoms with van der Waals surface area (Å²) in [5.41, 5.74) is 0.625. The summed E-state index contributed by atoms with van der Waals surface area (Å²) in [7, 11) is 1.78. The molecule has 2 fully saturated rings. The number of hydrogen-bond donors (Lipinski definition) is 2. The fraction of sp³-hybridized carbons (Fsp3) is 0.808. The van der Waals surface area contributed by atoms with Crippen LogP contribution in [-0.2, 0) is 14.4 Å². The van der Waals surface area contributed by atoms with E-state index in [-0.39, 0.29) is 47.7 Å². The highest BCUT2D eigenvalue weighted by molar-refractivity contribution is 5.93. The average Bonchev–Trinajstić information content (AvgIpc) is 3.57. The summed E-state index contributed by atoms with van der Waals surface area (Å²) in [6, 6.07) is -0.441. The Kier molecular flexibility index (Phi) is 9.95. The zero-order chi connectivity index (χ0) is 24.9. The van der Waals surface area contributed by atoms with Crippen molar-refractivity contribution in [2.24, 2.45) is 11.8 Å². The molecule has 0 radical (unpaired) electrons. The number of likely N-dealkylation sites (N-methyl/N-ethyl adjacent to an activating group) is 1. The second-order valence-electron chi connectivity index (χ2n) is 10.9. The van der Waals surface area contributed by atoms with Gasteiger partial charge in [-0.1, -0.05) is 40.2 Å². The van der Waals surface area contributed by atoms with E-state index in [4.69, 9.17) is 0 Å². The summed E-state index contributed by atoms with van der Waals surface area (Å²) >= 11 is 0. The highest BCUT2D eigenvalue weighted by atomic mass is 16.2. The highest BCUT2D eigenvalue weighted by Gasteiger charge is 2.36. The van der Waals surface area contributed by atoms with Gasteiger partial charge in [0.25, 0.3) is 0 Å². The van der Waals surface area contributed by atoms with Crippen LogP contribution in [0.25, 0.3) is 0 Å². The number of carbonyl (C=O) groups excluding carboxylic acids is 3. The van der Waals surface area contributed by atoms with Crippen LogP contribution in [0.3, 0.4) is 0 Å². The molecular formula is C26H46N4O3. The summed E-state index contributed by atoms with van der Waals surface area (Å²) in [6.45, 7) is 15.0. The van der Waals surface area contributed by atoms with E-state index in [0.717, 1.165) is 38.6 Å². The molecule has 7 nitrogen and oxygen atoms in total. The molecule has 0 aromatic heterocycles. The lowest BCUT2D eigenvalue weighted by molar-refractivity contribution is -0.140. The Morgan fingerprint density at radius 3 is 2.12 bits per heavy atom. The Balaban J connectivity index is 2.14. The van der Waals surface area contributed by atoms with Gasteiger partial charge in [0, 0.05) is 24.7 Å². The van der Waals surface area contributed by atoms with Crippen molar-refractivity contribution < 1.29 is 14.4 Å². The minimum atomic E-state index is -0.603. The third-order valence-electron chi connectivity index (χ3n) is 6.91. The molecule has 0 aromatic carbocycles. The summed E-state index contributed by atoms with van der Waals surface area (Å²) in [4.78, 5) is 43.2. The van der Waals surface area contributed by atoms with E-state index >= 15 is 0 Å². The number of carbonyl (C=O) groups is 3. The van der Waals surface area contributed by atoms with E-state index in [1.54, 1.807) is 18.9 Å². The number of nitrogens with zero attached hydrogens (tertiary/aromatic N) is 2. The lowest BCUT2D eigenvalue weighted by Crippen LogP contribution is -2.58. The Bertz CT molecular complexity index is 727. The van der Waals surface area contributed by atoms with Crippen LogP contribution in [0.5, 0.6) is 0 Å². The van der Waals surface area contributed by atoms with Gasteiger partial charge in [0.2, 0.25) is 17.7 Å². The first-order valence-corrected chi connectivity index (χ1v) is 12.8. The fourth-order valence-electron chi connectivity index (χ4n) is 4.59. The van der Waals surface area contributed by atoms with Gasteiger partial charge < -0.3 is 15.5 Å². The van der Waals surface area contributed by atoms with Crippen LogP contribution >= 0.6 is 0 Å². The molecule has 3 amide bonds. The number of likely N-dealkylation sites (tertiary alicyclic amines) is 1. The van der Waals surface area contributed by atoms with Crippen molar-refractivity contribution in [2.75, 3.05) is 13.6 Å². The van der Waals surface area contributed by atoms with E-state index in [2.05, 4.69) is 29.4 Å². The first-order chi connectivity index (χ1) is 15.4. The lowest BCUT2D eigenvalue weighted by atomic mass is 9.95. The van der Waals surface area contributed by atoms with Crippen molar-refractivity contribution in [3.05, 3.63) is 11.6 Å². The minimum absolute atomic E-state index is 0.0453. The van der Waals surface area contributed by atoms with Crippen LogP contribution in [-0.4, -0.2) is 71.3 Å². The van der Waals surface area contributed by atoms with Crippen molar-refractivity contribution in [3.8, 4) is 0 Å². The SMILES string of the molecule is C/C(=C\[C@H](C(C)C)N(C)C(=O)C(NC(=O)[C@H]1CCCCN1C(C)C)C(C)C)C(=O)NC1CC1. The molecule has 2 aliphatic rings. The van der Waals surface area contributed by atoms with Crippen LogP contribution in [0.4, 0.5) is 0 Å². The second kappa shape index (κ2) is 12.0. The second-order valence-corrected chi connectivity index (χ2v) is 10.9. The number of amides is 3. The van der Waals surface area contributed by atoms with Crippen molar-refractivity contribution in [2.45, 2.75) is 111 Å². The van der Waals surface area contributed by atoms with Gasteiger partial charge in [0.15, 0.2) is 0 Å². The van der Waals surface area contributed by atoms with Gasteiger partial charge in [-0.2, -0.15) is 0 Å². The van der Waals surface area contributed by atoms with E-state index in [1.807, 2.05) is 33.8 Å². The highest BCUT2D eigenvalue weighted by Crippen LogP contribution is 2.22. The fourth-order valence-corrected chi connectivity index (χ4v) is 4.59. The van der Waals surface area contributed by atoms with Gasteiger partial charge in [-0.15, -0.1) is 0 Å². The molecule has 2 N–H and O–H groups in total. The summed E-state index contributed by atoms with van der Waals surface area (Å²) in [5, 5.41) is 6.09. The standard InChI is InChI=1S/C26H46N4O3/c1-16(2)22(15-19(7)24(31)27-20-12-13-20)29(8)26(33)23(17(3)4)28-25(32)21-11-9-10-14-30(21)18(5)6/h15-18,20-23H,9-14H2,1-8H3,(H,27,31)(H,28,32)/b19-15+/t21-,22-,23?/m1/s1. The van der Waals surface area contributed by atoms with Gasteiger partial charge in [0.05, 0.1) is 12.1 Å². The van der Waals surface area contributed by atoms with E-state index in [1.165, 1.54) is 0 Å². The zero-order valence-electron chi connectivity index (χ0n) is 22.0. The molecule has 0 aromatic rings. The molecule has 1 saturated carbocycles. The molecule has 2 rings (SSSR count). The van der Waals surface area contributed by atoms with Crippen molar-refractivity contribution in [1.29, 1.82) is 0 Å². The largest absolute Gasteiger partial charge is 0.350 e. The first-order valence-electron chi connectivity index (χ1n) is 12.8. The molecule has 1 saturated heterocycles. The van der Waals surface area contributed by atoms with Crippen molar-refractivity contribution >= 4 is 17.7 Å². The number of hydrogen-bond acceptors (Lipinski definition) is 4. The number of nitrogens with one attached hydrogen (secondary N) is 2. The summed E-state index contributed by atoms with van der Waals surface area (Å²) in [6.07, 6.45) is 6.93. The zero-order valence-corrected chi connectivity index (χ0v) is 22.0. The molecule has 1 unspecified atom stereocenters. The predicted octanol–water partition coefficient (Wildman–Crippen LogP) is 3.10. The molecule has 1 aliphatic carbocycles. The smallest absolute Gasteiger partial charge is 0.246 e. The van der Waals surface area contributed by atoms with Gasteiger partial charge in [-0.05, 0) is 64.8 Å². The van der Waals surface area contributed by atoms with Crippen LogP contribution in [0.2, 0.25) is 0 Å². The van der Waals surface area contributed by atoms with E-state index < -0.39 is 6.04 Å². The lowest BCUT2D eigenvalue weighted by Gasteiger charge is -2.39. The normalized spacial score (nSPS) is 21.8. The minimum Gasteiger partial charge on any atom is -0.350 e. The molecule has 188 valence electrons. The Morgan fingerprint density at radius 2 is 1.61 bits per heavy atom. The maximum absolute atomic E-state index is 13.6. The molecule has 1 aliphatic heterocycles. The van der Waals surface area contributed by atoms with Crippen molar-refractivity contribution in [1.82, 2.24) is 20.4 Å². The average molecular weight is 463 g/mol. The maximum atomic E-state index is 13.6. The van der Waals surface area contributed by atoms with Gasteiger partial charge in [-0.25, -0.2) is 0 Å². The Morgan fingerprint density at radius 1 is 0.970 bits per heavy atom. The summed E-state index contributed by atoms with van der Waals surface area (Å²) < 4.78 is 0. The quantitative estimate of drug-likeness (QED) is 0.489. The number of piperidine rings is 1. The van der Waals surface area contributed by atoms with E-state index in [0.29, 0.717) is 11.6 Å². The van der Waals surface area contributed by atoms with Gasteiger partial charge in [0.1, 0.15) is 6.04 Å².